The molecular formula is C12H15ClN2O4. The number of aliphatic hydroxyl groups excluding tert-OH is 1. The first-order chi connectivity index (χ1) is 8.93. The Kier molecular flexibility index (Phi) is 5.59. The van der Waals surface area contributed by atoms with Crippen molar-refractivity contribution in [2.75, 3.05) is 11.9 Å². The van der Waals surface area contributed by atoms with E-state index in [9.17, 15) is 9.59 Å². The van der Waals surface area contributed by atoms with Gasteiger partial charge in [-0.3, -0.25) is 0 Å². The molecule has 7 heteroatoms. The van der Waals surface area contributed by atoms with Gasteiger partial charge in [0.15, 0.2) is 0 Å². The number of carboxylic acid groups (broad SMARTS) is 1. The largest absolute Gasteiger partial charge is 0.480 e. The summed E-state index contributed by atoms with van der Waals surface area (Å²) in [5.74, 6) is -1.21. The van der Waals surface area contributed by atoms with Gasteiger partial charge in [0.05, 0.1) is 10.7 Å². The molecule has 0 fully saturated rings. The van der Waals surface area contributed by atoms with Gasteiger partial charge in [-0.25, -0.2) is 9.59 Å². The smallest absolute Gasteiger partial charge is 0.326 e. The predicted octanol–water partition coefficient (Wildman–Crippen LogP) is 1.61. The molecule has 0 aromatic heterocycles. The third kappa shape index (κ3) is 4.76. The summed E-state index contributed by atoms with van der Waals surface area (Å²) in [5.41, 5.74) is 1.33. The number of hydrogen-bond donors (Lipinski definition) is 4. The highest BCUT2D eigenvalue weighted by Crippen LogP contribution is 2.22. The van der Waals surface area contributed by atoms with Crippen LogP contribution >= 0.6 is 11.6 Å². The van der Waals surface area contributed by atoms with Crippen LogP contribution in [0.1, 0.15) is 12.0 Å². The second kappa shape index (κ2) is 6.96. The van der Waals surface area contributed by atoms with Crippen LogP contribution in [0.3, 0.4) is 0 Å². The van der Waals surface area contributed by atoms with Gasteiger partial charge in [-0.2, -0.15) is 0 Å². The first kappa shape index (κ1) is 15.3. The van der Waals surface area contributed by atoms with Gasteiger partial charge in [-0.05, 0) is 24.6 Å². The van der Waals surface area contributed by atoms with E-state index >= 15 is 0 Å². The molecule has 0 aliphatic heterocycles. The normalized spacial score (nSPS) is 11.7. The number of carboxylic acids is 1. The number of anilines is 1. The minimum absolute atomic E-state index is 0.0651. The number of hydrogen-bond acceptors (Lipinski definition) is 3. The summed E-state index contributed by atoms with van der Waals surface area (Å²) in [6.45, 7) is 1.53. The van der Waals surface area contributed by atoms with Crippen molar-refractivity contribution in [1.82, 2.24) is 5.32 Å². The molecule has 1 aromatic rings. The molecule has 19 heavy (non-hydrogen) atoms. The Bertz CT molecular complexity index is 479. The van der Waals surface area contributed by atoms with E-state index in [4.69, 9.17) is 21.8 Å². The lowest BCUT2D eigenvalue weighted by molar-refractivity contribution is -0.139. The lowest BCUT2D eigenvalue weighted by atomic mass is 10.2. The van der Waals surface area contributed by atoms with Crippen LogP contribution in [0.25, 0.3) is 0 Å². The first-order valence-corrected chi connectivity index (χ1v) is 5.99. The zero-order valence-electron chi connectivity index (χ0n) is 10.3. The number of halogens is 1. The summed E-state index contributed by atoms with van der Waals surface area (Å²) < 4.78 is 0. The fraction of sp³-hybridized carbons (Fsp3) is 0.333. The van der Waals surface area contributed by atoms with E-state index in [1.807, 2.05) is 6.92 Å². The number of nitrogens with one attached hydrogen (secondary N) is 2. The first-order valence-electron chi connectivity index (χ1n) is 5.61. The molecule has 0 saturated carbocycles. The average Bonchev–Trinajstić information content (AvgIpc) is 2.32. The number of aliphatic hydroxyl groups is 1. The van der Waals surface area contributed by atoms with Crippen LogP contribution in [0.15, 0.2) is 18.2 Å². The Morgan fingerprint density at radius 2 is 2.11 bits per heavy atom. The van der Waals surface area contributed by atoms with Gasteiger partial charge in [-0.15, -0.1) is 0 Å². The maximum absolute atomic E-state index is 11.6. The van der Waals surface area contributed by atoms with E-state index in [2.05, 4.69) is 10.6 Å². The summed E-state index contributed by atoms with van der Waals surface area (Å²) in [5, 5.41) is 22.6. The molecule has 1 atom stereocenters. The quantitative estimate of drug-likeness (QED) is 0.661. The third-order valence-electron chi connectivity index (χ3n) is 2.39. The Labute approximate surface area is 115 Å². The minimum atomic E-state index is -1.21. The Morgan fingerprint density at radius 1 is 1.42 bits per heavy atom. The topological polar surface area (TPSA) is 98.7 Å². The number of aryl methyl sites for hydroxylation is 1. The van der Waals surface area contributed by atoms with Crippen molar-refractivity contribution in [3.63, 3.8) is 0 Å². The van der Waals surface area contributed by atoms with E-state index in [-0.39, 0.29) is 13.0 Å². The van der Waals surface area contributed by atoms with Crippen LogP contribution in [0, 0.1) is 6.92 Å². The highest BCUT2D eigenvalue weighted by Gasteiger charge is 2.19. The maximum Gasteiger partial charge on any atom is 0.326 e. The van der Waals surface area contributed by atoms with Crippen LogP contribution < -0.4 is 10.6 Å². The summed E-state index contributed by atoms with van der Waals surface area (Å²) >= 11 is 5.94. The molecule has 0 saturated heterocycles. The van der Waals surface area contributed by atoms with Gasteiger partial charge >= 0.3 is 12.0 Å². The summed E-state index contributed by atoms with van der Waals surface area (Å²) in [4.78, 5) is 22.4. The zero-order chi connectivity index (χ0) is 14.4. The van der Waals surface area contributed by atoms with Crippen molar-refractivity contribution in [2.45, 2.75) is 19.4 Å². The number of rotatable bonds is 5. The molecule has 0 heterocycles. The fourth-order valence-electron chi connectivity index (χ4n) is 1.42. The lowest BCUT2D eigenvalue weighted by Gasteiger charge is -2.14. The third-order valence-corrected chi connectivity index (χ3v) is 2.71. The van der Waals surface area contributed by atoms with Gasteiger partial charge in [0.1, 0.15) is 6.04 Å². The Balaban J connectivity index is 2.66. The fourth-order valence-corrected chi connectivity index (χ4v) is 1.71. The van der Waals surface area contributed by atoms with E-state index in [1.54, 1.807) is 18.2 Å². The number of amides is 2. The van der Waals surface area contributed by atoms with Crippen LogP contribution in [0.2, 0.25) is 5.02 Å². The molecule has 0 aliphatic carbocycles. The molecule has 2 amide bonds. The maximum atomic E-state index is 11.6. The van der Waals surface area contributed by atoms with Crippen LogP contribution in [0.5, 0.6) is 0 Å². The molecule has 0 radical (unpaired) electrons. The average molecular weight is 287 g/mol. The highest BCUT2D eigenvalue weighted by atomic mass is 35.5. The molecule has 6 nitrogen and oxygen atoms in total. The molecular weight excluding hydrogens is 272 g/mol. The molecule has 104 valence electrons. The Morgan fingerprint density at radius 3 is 2.63 bits per heavy atom. The molecule has 0 spiro atoms. The van der Waals surface area contributed by atoms with Crippen LogP contribution in [0.4, 0.5) is 10.5 Å². The van der Waals surface area contributed by atoms with Gasteiger partial charge in [0.25, 0.3) is 0 Å². The van der Waals surface area contributed by atoms with Crippen molar-refractivity contribution in [3.05, 3.63) is 28.8 Å². The zero-order valence-corrected chi connectivity index (χ0v) is 11.1. The predicted molar refractivity (Wildman–Crippen MR) is 71.5 cm³/mol. The highest BCUT2D eigenvalue weighted by molar-refractivity contribution is 6.33. The van der Waals surface area contributed by atoms with Crippen molar-refractivity contribution >= 4 is 29.3 Å². The second-order valence-electron chi connectivity index (χ2n) is 3.98. The lowest BCUT2D eigenvalue weighted by Crippen LogP contribution is -2.43. The Hall–Kier alpha value is -1.79. The van der Waals surface area contributed by atoms with Crippen LogP contribution in [-0.2, 0) is 4.79 Å². The van der Waals surface area contributed by atoms with Gasteiger partial charge < -0.3 is 20.8 Å². The minimum Gasteiger partial charge on any atom is -0.480 e. The van der Waals surface area contributed by atoms with E-state index in [0.717, 1.165) is 5.56 Å². The molecule has 0 unspecified atom stereocenters. The SMILES string of the molecule is Cc1ccc(NC(=O)N[C@@H](CCO)C(=O)O)c(Cl)c1. The number of carbonyl (C=O) groups is 2. The van der Waals surface area contributed by atoms with Gasteiger partial charge in [0, 0.05) is 13.0 Å². The van der Waals surface area contributed by atoms with E-state index in [0.29, 0.717) is 10.7 Å². The summed E-state index contributed by atoms with van der Waals surface area (Å²) in [7, 11) is 0. The number of carbonyl (C=O) groups excluding carboxylic acids is 1. The molecule has 0 aliphatic rings. The van der Waals surface area contributed by atoms with E-state index < -0.39 is 18.0 Å². The molecule has 0 bridgehead atoms. The summed E-state index contributed by atoms with van der Waals surface area (Å²) in [6.07, 6.45) is -0.0651. The van der Waals surface area contributed by atoms with Gasteiger partial charge in [0.2, 0.25) is 0 Å². The number of benzene rings is 1. The van der Waals surface area contributed by atoms with Crippen molar-refractivity contribution in [3.8, 4) is 0 Å². The van der Waals surface area contributed by atoms with Crippen LogP contribution in [-0.4, -0.2) is 34.9 Å². The van der Waals surface area contributed by atoms with Crippen molar-refractivity contribution in [2.24, 2.45) is 0 Å². The molecule has 1 aromatic carbocycles. The molecule has 4 N–H and O–H groups in total. The summed E-state index contributed by atoms with van der Waals surface area (Å²) in [6, 6.07) is 3.24. The monoisotopic (exact) mass is 286 g/mol. The van der Waals surface area contributed by atoms with Gasteiger partial charge in [-0.1, -0.05) is 17.7 Å². The second-order valence-corrected chi connectivity index (χ2v) is 4.39. The number of urea groups is 1. The van der Waals surface area contributed by atoms with Crippen molar-refractivity contribution in [1.29, 1.82) is 0 Å². The van der Waals surface area contributed by atoms with Crippen molar-refractivity contribution < 1.29 is 19.8 Å². The standard InChI is InChI=1S/C12H15ClN2O4/c1-7-2-3-9(8(13)6-7)14-12(19)15-10(4-5-16)11(17)18/h2-3,6,10,16H,4-5H2,1H3,(H,17,18)(H2,14,15,19)/t10-/m0/s1. The number of aliphatic carboxylic acids is 1. The molecule has 1 rings (SSSR count). The van der Waals surface area contributed by atoms with E-state index in [1.165, 1.54) is 0 Å².